The second-order valence-corrected chi connectivity index (χ2v) is 6.87. The van der Waals surface area contributed by atoms with Gasteiger partial charge in [0.15, 0.2) is 0 Å². The highest BCUT2D eigenvalue weighted by atomic mass is 19.3. The van der Waals surface area contributed by atoms with Gasteiger partial charge in [-0.2, -0.15) is 0 Å². The summed E-state index contributed by atoms with van der Waals surface area (Å²) in [5.41, 5.74) is -0.199. The Morgan fingerprint density at radius 1 is 0.905 bits per heavy atom. The number of halogens is 2. The van der Waals surface area contributed by atoms with Gasteiger partial charge in [0.25, 0.3) is 0 Å². The topological polar surface area (TPSA) is 35.5 Å². The Labute approximate surface area is 124 Å². The summed E-state index contributed by atoms with van der Waals surface area (Å²) in [4.78, 5) is 12.7. The zero-order chi connectivity index (χ0) is 14.9. The van der Waals surface area contributed by atoms with Crippen LogP contribution in [0.15, 0.2) is 0 Å². The molecule has 2 heterocycles. The molecule has 21 heavy (non-hydrogen) atoms. The molecule has 0 aromatic heterocycles. The lowest BCUT2D eigenvalue weighted by Gasteiger charge is -2.43. The van der Waals surface area contributed by atoms with E-state index in [1.165, 1.54) is 0 Å². The number of hydrogen-bond donors (Lipinski definition) is 0. The third kappa shape index (κ3) is 3.45. The summed E-state index contributed by atoms with van der Waals surface area (Å²) in [7, 11) is 0. The third-order valence-electron chi connectivity index (χ3n) is 5.42. The minimum atomic E-state index is -2.56. The van der Waals surface area contributed by atoms with Crippen LogP contribution in [0, 0.1) is 11.8 Å². The maximum atomic E-state index is 13.2. The zero-order valence-electron chi connectivity index (χ0n) is 12.4. The first-order valence-corrected chi connectivity index (χ1v) is 8.13. The van der Waals surface area contributed by atoms with E-state index in [2.05, 4.69) is 0 Å². The van der Waals surface area contributed by atoms with Gasteiger partial charge in [-0.1, -0.05) is 0 Å². The molecule has 0 radical (unpaired) electrons. The molecule has 0 bridgehead atoms. The van der Waals surface area contributed by atoms with Gasteiger partial charge in [-0.3, -0.25) is 4.79 Å². The van der Waals surface area contributed by atoms with Gasteiger partial charge in [0.1, 0.15) is 5.78 Å². The molecule has 0 N–H and O–H groups in total. The SMILES string of the molecule is O=C(C1CCC(F)(F)CC1)C1CCOC2(CCOCC2)C1. The average Bonchev–Trinajstić information content (AvgIpc) is 2.47. The van der Waals surface area contributed by atoms with Crippen LogP contribution < -0.4 is 0 Å². The van der Waals surface area contributed by atoms with Gasteiger partial charge in [0.2, 0.25) is 5.92 Å². The maximum absolute atomic E-state index is 13.2. The van der Waals surface area contributed by atoms with Crippen LogP contribution in [0.4, 0.5) is 8.78 Å². The van der Waals surface area contributed by atoms with E-state index >= 15 is 0 Å². The molecule has 0 aromatic carbocycles. The smallest absolute Gasteiger partial charge is 0.248 e. The molecule has 0 amide bonds. The number of Topliss-reactive ketones (excluding diaryl/α,β-unsaturated/α-hetero) is 1. The average molecular weight is 302 g/mol. The third-order valence-corrected chi connectivity index (χ3v) is 5.42. The molecule has 120 valence electrons. The Bertz CT molecular complexity index is 375. The lowest BCUT2D eigenvalue weighted by molar-refractivity contribution is -0.160. The Balaban J connectivity index is 1.59. The predicted octanol–water partition coefficient (Wildman–Crippen LogP) is 3.36. The van der Waals surface area contributed by atoms with Gasteiger partial charge in [-0.15, -0.1) is 0 Å². The molecule has 3 aliphatic rings. The fourth-order valence-electron chi connectivity index (χ4n) is 4.02. The number of rotatable bonds is 2. The van der Waals surface area contributed by atoms with Gasteiger partial charge in [0.05, 0.1) is 5.60 Å². The lowest BCUT2D eigenvalue weighted by atomic mass is 9.73. The van der Waals surface area contributed by atoms with E-state index in [1.807, 2.05) is 0 Å². The number of alkyl halides is 2. The van der Waals surface area contributed by atoms with E-state index in [1.54, 1.807) is 0 Å². The van der Waals surface area contributed by atoms with Crippen molar-refractivity contribution in [2.24, 2.45) is 11.8 Å². The van der Waals surface area contributed by atoms with Gasteiger partial charge in [-0.25, -0.2) is 8.78 Å². The van der Waals surface area contributed by atoms with E-state index in [-0.39, 0.29) is 36.1 Å². The van der Waals surface area contributed by atoms with Crippen LogP contribution in [0.25, 0.3) is 0 Å². The number of hydrogen-bond acceptors (Lipinski definition) is 3. The summed E-state index contributed by atoms with van der Waals surface area (Å²) in [6.45, 7) is 1.99. The standard InChI is InChI=1S/C16H24F2O3/c17-16(18)4-1-12(2-5-16)14(19)13-3-8-21-15(11-13)6-9-20-10-7-15/h12-13H,1-11H2. The van der Waals surface area contributed by atoms with E-state index < -0.39 is 5.92 Å². The first-order chi connectivity index (χ1) is 10.00. The van der Waals surface area contributed by atoms with Gasteiger partial charge in [-0.05, 0) is 38.5 Å². The Hall–Kier alpha value is -0.550. The fraction of sp³-hybridized carbons (Fsp3) is 0.938. The van der Waals surface area contributed by atoms with Crippen molar-refractivity contribution >= 4 is 5.78 Å². The van der Waals surface area contributed by atoms with Gasteiger partial charge < -0.3 is 9.47 Å². The molecule has 3 nitrogen and oxygen atoms in total. The van der Waals surface area contributed by atoms with E-state index in [4.69, 9.17) is 9.47 Å². The quantitative estimate of drug-likeness (QED) is 0.784. The van der Waals surface area contributed by atoms with Crippen LogP contribution in [-0.2, 0) is 14.3 Å². The number of ketones is 1. The zero-order valence-corrected chi connectivity index (χ0v) is 12.4. The molecule has 1 spiro atoms. The summed E-state index contributed by atoms with van der Waals surface area (Å²) in [5, 5.41) is 0. The number of carbonyl (C=O) groups excluding carboxylic acids is 1. The molecule has 5 heteroatoms. The van der Waals surface area contributed by atoms with Crippen LogP contribution in [0.3, 0.4) is 0 Å². The van der Waals surface area contributed by atoms with Crippen LogP contribution in [-0.4, -0.2) is 37.1 Å². The van der Waals surface area contributed by atoms with Crippen molar-refractivity contribution in [3.63, 3.8) is 0 Å². The minimum absolute atomic E-state index is 0.00595. The van der Waals surface area contributed by atoms with Crippen LogP contribution >= 0.6 is 0 Å². The number of ether oxygens (including phenoxy) is 2. The van der Waals surface area contributed by atoms with Crippen molar-refractivity contribution in [3.8, 4) is 0 Å². The van der Waals surface area contributed by atoms with Crippen molar-refractivity contribution in [2.45, 2.75) is 62.9 Å². The van der Waals surface area contributed by atoms with Crippen LogP contribution in [0.5, 0.6) is 0 Å². The van der Waals surface area contributed by atoms with E-state index in [0.717, 1.165) is 25.7 Å². The summed E-state index contributed by atoms with van der Waals surface area (Å²) in [6.07, 6.45) is 3.62. The minimum Gasteiger partial charge on any atom is -0.381 e. The molecule has 2 aliphatic heterocycles. The molecule has 1 saturated carbocycles. The molecule has 1 unspecified atom stereocenters. The second-order valence-electron chi connectivity index (χ2n) is 6.87. The molecular formula is C16H24F2O3. The molecule has 2 saturated heterocycles. The Kier molecular flexibility index (Phi) is 4.33. The summed E-state index contributed by atoms with van der Waals surface area (Å²) >= 11 is 0. The summed E-state index contributed by atoms with van der Waals surface area (Å²) < 4.78 is 37.8. The lowest BCUT2D eigenvalue weighted by Crippen LogP contribution is -2.47. The van der Waals surface area contributed by atoms with Crippen molar-refractivity contribution < 1.29 is 23.0 Å². The van der Waals surface area contributed by atoms with E-state index in [9.17, 15) is 13.6 Å². The molecular weight excluding hydrogens is 278 g/mol. The Morgan fingerprint density at radius 2 is 1.57 bits per heavy atom. The number of carbonyl (C=O) groups is 1. The normalized spacial score (nSPS) is 33.0. The monoisotopic (exact) mass is 302 g/mol. The largest absolute Gasteiger partial charge is 0.381 e. The molecule has 3 rings (SSSR count). The fourth-order valence-corrected chi connectivity index (χ4v) is 4.02. The van der Waals surface area contributed by atoms with E-state index in [0.29, 0.717) is 32.7 Å². The maximum Gasteiger partial charge on any atom is 0.248 e. The van der Waals surface area contributed by atoms with Crippen molar-refractivity contribution in [2.75, 3.05) is 19.8 Å². The van der Waals surface area contributed by atoms with Gasteiger partial charge >= 0.3 is 0 Å². The molecule has 3 fully saturated rings. The van der Waals surface area contributed by atoms with Gasteiger partial charge in [0, 0.05) is 44.5 Å². The van der Waals surface area contributed by atoms with Crippen molar-refractivity contribution in [1.82, 2.24) is 0 Å². The predicted molar refractivity (Wildman–Crippen MR) is 73.4 cm³/mol. The highest BCUT2D eigenvalue weighted by Crippen LogP contribution is 2.42. The highest BCUT2D eigenvalue weighted by Gasteiger charge is 2.44. The first-order valence-electron chi connectivity index (χ1n) is 8.13. The van der Waals surface area contributed by atoms with Crippen LogP contribution in [0.1, 0.15) is 51.4 Å². The van der Waals surface area contributed by atoms with Crippen molar-refractivity contribution in [1.29, 1.82) is 0 Å². The Morgan fingerprint density at radius 3 is 2.24 bits per heavy atom. The highest BCUT2D eigenvalue weighted by molar-refractivity contribution is 5.83. The molecule has 1 aliphatic carbocycles. The van der Waals surface area contributed by atoms with Crippen molar-refractivity contribution in [3.05, 3.63) is 0 Å². The van der Waals surface area contributed by atoms with Crippen LogP contribution in [0.2, 0.25) is 0 Å². The summed E-state index contributed by atoms with van der Waals surface area (Å²) in [5.74, 6) is -2.52. The summed E-state index contributed by atoms with van der Waals surface area (Å²) in [6, 6.07) is 0. The molecule has 0 aromatic rings. The second kappa shape index (κ2) is 5.92. The first kappa shape index (κ1) is 15.3. The molecule has 1 atom stereocenters.